The fourth-order valence-electron chi connectivity index (χ4n) is 11.5. The summed E-state index contributed by atoms with van der Waals surface area (Å²) in [6, 6.07) is 41.1. The highest BCUT2D eigenvalue weighted by molar-refractivity contribution is 7.43. The minimum absolute atomic E-state index is 0.0818. The Morgan fingerprint density at radius 3 is 0.789 bits per heavy atom. The zero-order valence-corrected chi connectivity index (χ0v) is 58.4. The molecule has 0 atom stereocenters. The zero-order valence-electron chi connectivity index (χ0n) is 54.9. The summed E-state index contributed by atoms with van der Waals surface area (Å²) in [7, 11) is -8.84. The third-order valence-electron chi connectivity index (χ3n) is 16.9. The van der Waals surface area contributed by atoms with Crippen LogP contribution in [0.3, 0.4) is 0 Å². The van der Waals surface area contributed by atoms with Crippen LogP contribution in [-0.4, -0.2) is 0 Å². The van der Waals surface area contributed by atoms with Crippen LogP contribution in [0.1, 0.15) is 214 Å². The molecule has 12 rings (SSSR count). The van der Waals surface area contributed by atoms with Crippen molar-refractivity contribution in [1.82, 2.24) is 0 Å². The molecule has 8 aromatic carbocycles. The predicted molar refractivity (Wildman–Crippen MR) is 369 cm³/mol. The molecule has 2 aromatic heterocycles. The van der Waals surface area contributed by atoms with Crippen LogP contribution in [-0.2, 0) is 0 Å². The Morgan fingerprint density at radius 1 is 0.300 bits per heavy atom. The number of hydrogen-bond acceptors (Lipinski definition) is 12. The molecular formula is C74H82O12P4. The molecule has 2 aliphatic heterocycles. The summed E-state index contributed by atoms with van der Waals surface area (Å²) in [5, 5.41) is 3.85. The Labute approximate surface area is 533 Å². The molecule has 0 aliphatic carbocycles. The first kappa shape index (κ1) is 63.0. The first-order valence-electron chi connectivity index (χ1n) is 31.5. The zero-order chi connectivity index (χ0) is 63.7. The van der Waals surface area contributed by atoms with Gasteiger partial charge in [-0.1, -0.05) is 171 Å². The standard InChI is InChI=1S/C74H82O12P4/c1-39(2)49-31-53(43(9)10)71-57(35-49)58-36-50(40(3)4)32-54(44(11)12)72(58)84-89(83-71)79-65-29-27-47(17)69(81-87-75-61-23-19-20-24-62(61)76-87)67(65)68-66(30-28-48(18)70(68)82-88-77-63-25-21-22-26-64(63)78-88)80-90-85-73-55(45(13)14)33-51(41(5)6)37-59(73)60-38-52(42(7)8)34-56(46(15)16)74(60)86-90/h19-46H,1-18H3. The van der Waals surface area contributed by atoms with Gasteiger partial charge in [0.2, 0.25) is 0 Å². The van der Waals surface area contributed by atoms with Gasteiger partial charge in [0.05, 0.1) is 11.1 Å². The number of rotatable bonds is 17. The molecule has 2 aliphatic rings. The summed E-state index contributed by atoms with van der Waals surface area (Å²) < 4.78 is 84.9. The minimum atomic E-state index is -2.33. The van der Waals surface area contributed by atoms with E-state index in [1.807, 2.05) is 86.6 Å². The lowest BCUT2D eigenvalue weighted by Gasteiger charge is -2.23. The van der Waals surface area contributed by atoms with Gasteiger partial charge in [0.25, 0.3) is 0 Å². The predicted octanol–water partition coefficient (Wildman–Crippen LogP) is 26.0. The first-order valence-corrected chi connectivity index (χ1v) is 35.9. The molecule has 16 heteroatoms. The first-order chi connectivity index (χ1) is 43.0. The lowest BCUT2D eigenvalue weighted by atomic mass is 9.89. The Bertz CT molecular complexity index is 3980. The topological polar surface area (TPSA) is 126 Å². The van der Waals surface area contributed by atoms with E-state index in [2.05, 4.69) is 159 Å². The van der Waals surface area contributed by atoms with Crippen LogP contribution in [0.2, 0.25) is 0 Å². The van der Waals surface area contributed by atoms with Gasteiger partial charge in [-0.15, -0.1) is 0 Å². The Morgan fingerprint density at radius 2 is 0.556 bits per heavy atom. The van der Waals surface area contributed by atoms with E-state index in [1.54, 1.807) is 0 Å². The van der Waals surface area contributed by atoms with E-state index in [1.165, 1.54) is 22.3 Å². The summed E-state index contributed by atoms with van der Waals surface area (Å²) in [6.45, 7) is 39.5. The Kier molecular flexibility index (Phi) is 17.8. The van der Waals surface area contributed by atoms with Crippen molar-refractivity contribution < 1.29 is 53.0 Å². The lowest BCUT2D eigenvalue weighted by Crippen LogP contribution is -2.03. The molecule has 10 aromatic rings. The second-order valence-corrected chi connectivity index (χ2v) is 30.2. The van der Waals surface area contributed by atoms with Gasteiger partial charge in [-0.25, -0.2) is 0 Å². The van der Waals surface area contributed by atoms with Crippen LogP contribution < -0.4 is 36.2 Å². The molecule has 4 heterocycles. The van der Waals surface area contributed by atoms with E-state index >= 15 is 0 Å². The molecule has 0 amide bonds. The number of benzene rings is 8. The third kappa shape index (κ3) is 12.3. The van der Waals surface area contributed by atoms with Crippen molar-refractivity contribution in [2.75, 3.05) is 0 Å². The second kappa shape index (κ2) is 25.5. The van der Waals surface area contributed by atoms with Crippen LogP contribution in [0.5, 0.6) is 46.0 Å². The molecule has 90 heavy (non-hydrogen) atoms. The van der Waals surface area contributed by atoms with E-state index in [0.717, 1.165) is 54.9 Å². The largest absolute Gasteiger partial charge is 0.530 e. The van der Waals surface area contributed by atoms with Crippen molar-refractivity contribution in [2.24, 2.45) is 0 Å². The number of para-hydroxylation sites is 4. The highest BCUT2D eigenvalue weighted by Gasteiger charge is 2.38. The number of aryl methyl sites for hydroxylation is 2. The third-order valence-corrected chi connectivity index (χ3v) is 21.0. The van der Waals surface area contributed by atoms with Crippen LogP contribution in [0.25, 0.3) is 55.0 Å². The lowest BCUT2D eigenvalue weighted by molar-refractivity contribution is 0.427. The van der Waals surface area contributed by atoms with Crippen LogP contribution in [0.15, 0.2) is 138 Å². The van der Waals surface area contributed by atoms with Gasteiger partial charge in [-0.2, -0.15) is 0 Å². The van der Waals surface area contributed by atoms with Gasteiger partial charge in [-0.3, -0.25) is 0 Å². The van der Waals surface area contributed by atoms with Crippen molar-refractivity contribution in [3.05, 3.63) is 177 Å². The van der Waals surface area contributed by atoms with E-state index in [4.69, 9.17) is 53.0 Å². The molecule has 0 unspecified atom stereocenters. The molecule has 0 spiro atoms. The van der Waals surface area contributed by atoms with Crippen LogP contribution >= 0.6 is 33.7 Å². The monoisotopic (exact) mass is 1290 g/mol. The maximum Gasteiger partial charge on any atom is 0.530 e. The molecular weight excluding hydrogens is 1200 g/mol. The minimum Gasteiger partial charge on any atom is -0.407 e. The highest BCUT2D eigenvalue weighted by atomic mass is 31.2. The van der Waals surface area contributed by atoms with Crippen LogP contribution in [0.4, 0.5) is 0 Å². The van der Waals surface area contributed by atoms with E-state index in [9.17, 15) is 0 Å². The highest BCUT2D eigenvalue weighted by Crippen LogP contribution is 2.62. The van der Waals surface area contributed by atoms with E-state index in [-0.39, 0.29) is 47.3 Å². The summed E-state index contributed by atoms with van der Waals surface area (Å²) in [5.41, 5.74) is 14.2. The molecule has 0 saturated carbocycles. The fourth-order valence-corrected chi connectivity index (χ4v) is 16.0. The van der Waals surface area contributed by atoms with Crippen LogP contribution in [0, 0.1) is 13.8 Å². The van der Waals surface area contributed by atoms with Gasteiger partial charge < -0.3 is 53.0 Å². The van der Waals surface area contributed by atoms with Crippen molar-refractivity contribution in [3.8, 4) is 57.1 Å². The summed E-state index contributed by atoms with van der Waals surface area (Å²) in [4.78, 5) is 0. The number of hydrogen-bond donors (Lipinski definition) is 0. The SMILES string of the molecule is Cc1ccc(Op2oc3c(C(C)C)cc(C(C)C)cc3c3cc(C(C)C)cc(C(C)C)c3o2)c(-c2c(Op3oc4c(C(C)C)cc(C(C)C)cc4c4cc(C(C)C)cc(C(C)C)c4o3)ccc(C)c2OP2Oc3ccccc3O2)c1OP1Oc2ccccc2O1. The van der Waals surface area contributed by atoms with E-state index < -0.39 is 33.7 Å². The normalized spacial score (nSPS) is 13.4. The molecule has 0 fully saturated rings. The van der Waals surface area contributed by atoms with Crippen molar-refractivity contribution in [2.45, 2.75) is 172 Å². The van der Waals surface area contributed by atoms with Gasteiger partial charge in [0.15, 0.2) is 23.0 Å². The van der Waals surface area contributed by atoms with Gasteiger partial charge >= 0.3 is 33.7 Å². The van der Waals surface area contributed by atoms with Crippen molar-refractivity contribution in [1.29, 1.82) is 0 Å². The maximum absolute atomic E-state index is 7.54. The molecule has 0 bridgehead atoms. The molecule has 470 valence electrons. The molecule has 0 radical (unpaired) electrons. The van der Waals surface area contributed by atoms with Gasteiger partial charge in [0, 0.05) is 21.5 Å². The molecule has 0 saturated heterocycles. The van der Waals surface area contributed by atoms with E-state index in [0.29, 0.717) is 79.5 Å². The summed E-state index contributed by atoms with van der Waals surface area (Å²) in [6.07, 6.45) is 0. The maximum atomic E-state index is 7.54. The summed E-state index contributed by atoms with van der Waals surface area (Å²) in [5.74, 6) is 4.96. The van der Waals surface area contributed by atoms with Crippen molar-refractivity contribution >= 4 is 77.6 Å². The average molecular weight is 1290 g/mol. The fraction of sp³-hybridized carbons (Fsp3) is 0.351. The molecule has 12 nitrogen and oxygen atoms in total. The smallest absolute Gasteiger partial charge is 0.407 e. The Balaban J connectivity index is 1.17. The number of fused-ring (bicyclic) bond motifs is 8. The van der Waals surface area contributed by atoms with Gasteiger partial charge in [0.1, 0.15) is 45.3 Å². The second-order valence-electron chi connectivity index (χ2n) is 26.2. The van der Waals surface area contributed by atoms with Gasteiger partial charge in [-0.05, 0) is 177 Å². The van der Waals surface area contributed by atoms with Crippen molar-refractivity contribution in [3.63, 3.8) is 0 Å². The Hall–Kier alpha value is -7.18. The molecule has 0 N–H and O–H groups in total. The average Bonchev–Trinajstić information content (AvgIpc) is 1.49. The summed E-state index contributed by atoms with van der Waals surface area (Å²) >= 11 is 0. The quantitative estimate of drug-likeness (QED) is 0.0806.